The molecule has 8 atom stereocenters. The van der Waals surface area contributed by atoms with E-state index in [4.69, 9.17) is 18.9 Å². The van der Waals surface area contributed by atoms with Gasteiger partial charge in [-0.05, 0) is 19.8 Å². The highest BCUT2D eigenvalue weighted by Gasteiger charge is 2.45. The van der Waals surface area contributed by atoms with E-state index in [0.717, 1.165) is 0 Å². The molecule has 0 bridgehead atoms. The Hall–Kier alpha value is -2.18. The van der Waals surface area contributed by atoms with Gasteiger partial charge in [-0.3, -0.25) is 14.4 Å². The van der Waals surface area contributed by atoms with Crippen molar-refractivity contribution in [3.8, 4) is 0 Å². The molecule has 0 amide bonds. The monoisotopic (exact) mass is 486 g/mol. The molecule has 192 valence electrons. The topological polar surface area (TPSA) is 166 Å². The summed E-state index contributed by atoms with van der Waals surface area (Å²) in [7, 11) is 0. The molecule has 2 saturated heterocycles. The highest BCUT2D eigenvalue weighted by atomic mass is 16.7. The third-order valence-electron chi connectivity index (χ3n) is 6.06. The van der Waals surface area contributed by atoms with Crippen molar-refractivity contribution in [2.45, 2.75) is 83.3 Å². The van der Waals surface area contributed by atoms with Crippen LogP contribution in [0.5, 0.6) is 0 Å². The van der Waals surface area contributed by atoms with Gasteiger partial charge in [0.2, 0.25) is 0 Å². The third kappa shape index (κ3) is 7.41. The number of Topliss-reactive ketones (excluding diaryl/α,β-unsaturated/α-hetero) is 2. The molecule has 3 N–H and O–H groups in total. The van der Waals surface area contributed by atoms with Gasteiger partial charge in [-0.2, -0.15) is 0 Å². The SMILES string of the molecule is C=C1C(=O)OC(CC(C)=O)C1CC(=O)C(C)CCCOC1OC(COC(C)=O)C(O)C(O)C1O. The summed E-state index contributed by atoms with van der Waals surface area (Å²) in [4.78, 5) is 46.9. The summed E-state index contributed by atoms with van der Waals surface area (Å²) in [5.41, 5.74) is 0.197. The highest BCUT2D eigenvalue weighted by molar-refractivity contribution is 5.93. The largest absolute Gasteiger partial charge is 0.463 e. The molecule has 8 unspecified atom stereocenters. The molecule has 2 heterocycles. The lowest BCUT2D eigenvalue weighted by atomic mass is 9.85. The van der Waals surface area contributed by atoms with E-state index in [1.807, 2.05) is 0 Å². The lowest BCUT2D eigenvalue weighted by Gasteiger charge is -2.39. The van der Waals surface area contributed by atoms with Crippen LogP contribution in [0.1, 0.15) is 46.5 Å². The second-order valence-corrected chi connectivity index (χ2v) is 8.88. The molecule has 0 aromatic heterocycles. The van der Waals surface area contributed by atoms with Crippen molar-refractivity contribution in [3.05, 3.63) is 12.2 Å². The second-order valence-electron chi connectivity index (χ2n) is 8.88. The Bertz CT molecular complexity index is 779. The molecule has 0 aromatic carbocycles. The average molecular weight is 487 g/mol. The first-order valence-corrected chi connectivity index (χ1v) is 11.3. The molecule has 0 aromatic rings. The van der Waals surface area contributed by atoms with Gasteiger partial charge in [-0.1, -0.05) is 13.5 Å². The van der Waals surface area contributed by atoms with Gasteiger partial charge in [0.05, 0.1) is 0 Å². The van der Waals surface area contributed by atoms with E-state index in [1.165, 1.54) is 13.8 Å². The van der Waals surface area contributed by atoms with E-state index < -0.39 is 54.7 Å². The fourth-order valence-corrected chi connectivity index (χ4v) is 3.95. The minimum absolute atomic E-state index is 0.0354. The van der Waals surface area contributed by atoms with Gasteiger partial charge in [0, 0.05) is 43.8 Å². The molecular formula is C23H34O11. The van der Waals surface area contributed by atoms with E-state index in [-0.39, 0.29) is 49.1 Å². The van der Waals surface area contributed by atoms with Crippen molar-refractivity contribution in [1.82, 2.24) is 0 Å². The smallest absolute Gasteiger partial charge is 0.334 e. The number of carbonyl (C=O) groups is 4. The van der Waals surface area contributed by atoms with Gasteiger partial charge in [0.25, 0.3) is 0 Å². The predicted molar refractivity (Wildman–Crippen MR) is 115 cm³/mol. The van der Waals surface area contributed by atoms with Crippen LogP contribution in [0, 0.1) is 11.8 Å². The number of ketones is 2. The molecule has 11 nitrogen and oxygen atoms in total. The highest BCUT2D eigenvalue weighted by Crippen LogP contribution is 2.33. The number of carbonyl (C=O) groups excluding carboxylic acids is 4. The summed E-state index contributed by atoms with van der Waals surface area (Å²) in [6, 6.07) is 0. The van der Waals surface area contributed by atoms with Crippen LogP contribution in [0.4, 0.5) is 0 Å². The molecule has 0 saturated carbocycles. The van der Waals surface area contributed by atoms with Gasteiger partial charge in [-0.25, -0.2) is 4.79 Å². The van der Waals surface area contributed by atoms with Crippen LogP contribution in [0.3, 0.4) is 0 Å². The zero-order valence-electron chi connectivity index (χ0n) is 19.7. The summed E-state index contributed by atoms with van der Waals surface area (Å²) in [5.74, 6) is -2.32. The Kier molecular flexibility index (Phi) is 10.3. The van der Waals surface area contributed by atoms with Gasteiger partial charge < -0.3 is 34.3 Å². The minimum Gasteiger partial charge on any atom is -0.463 e. The van der Waals surface area contributed by atoms with Gasteiger partial charge in [-0.15, -0.1) is 0 Å². The van der Waals surface area contributed by atoms with E-state index in [0.29, 0.717) is 12.8 Å². The van der Waals surface area contributed by atoms with Crippen molar-refractivity contribution in [2.24, 2.45) is 11.8 Å². The summed E-state index contributed by atoms with van der Waals surface area (Å²) < 4.78 is 20.9. The summed E-state index contributed by atoms with van der Waals surface area (Å²) in [6.07, 6.45) is -6.57. The first-order valence-electron chi connectivity index (χ1n) is 11.3. The fraction of sp³-hybridized carbons (Fsp3) is 0.739. The van der Waals surface area contributed by atoms with Crippen molar-refractivity contribution < 1.29 is 53.4 Å². The number of esters is 2. The van der Waals surface area contributed by atoms with Crippen molar-refractivity contribution in [1.29, 1.82) is 0 Å². The quantitative estimate of drug-likeness (QED) is 0.190. The average Bonchev–Trinajstić information content (AvgIpc) is 3.01. The molecule has 11 heteroatoms. The van der Waals surface area contributed by atoms with E-state index in [1.54, 1.807) is 6.92 Å². The molecule has 0 radical (unpaired) electrons. The summed E-state index contributed by atoms with van der Waals surface area (Å²) in [6.45, 7) is 7.80. The number of cyclic esters (lactones) is 1. The predicted octanol–water partition coefficient (Wildman–Crippen LogP) is -0.174. The number of hydrogen-bond acceptors (Lipinski definition) is 11. The minimum atomic E-state index is -1.55. The van der Waals surface area contributed by atoms with Gasteiger partial charge >= 0.3 is 11.9 Å². The standard InChI is InChI=1S/C23H34O11/c1-11(16(26)9-15-13(3)22(30)33-17(15)8-12(2)24)6-5-7-31-23-21(29)20(28)19(27)18(34-23)10-32-14(4)25/h11,15,17-21,23,27-29H,3,5-10H2,1-2,4H3. The van der Waals surface area contributed by atoms with Gasteiger partial charge in [0.15, 0.2) is 6.29 Å². The molecule has 2 aliphatic heterocycles. The van der Waals surface area contributed by atoms with Crippen LogP contribution in [-0.4, -0.2) is 88.8 Å². The maximum absolute atomic E-state index is 12.7. The summed E-state index contributed by atoms with van der Waals surface area (Å²) in [5, 5.41) is 30.1. The molecule has 2 aliphatic rings. The Morgan fingerprint density at radius 2 is 1.74 bits per heavy atom. The Labute approximate surface area is 198 Å². The zero-order valence-corrected chi connectivity index (χ0v) is 19.7. The Morgan fingerprint density at radius 3 is 2.35 bits per heavy atom. The molecule has 34 heavy (non-hydrogen) atoms. The number of aliphatic hydroxyl groups excluding tert-OH is 3. The molecule has 2 rings (SSSR count). The fourth-order valence-electron chi connectivity index (χ4n) is 3.95. The number of hydrogen-bond donors (Lipinski definition) is 3. The molecule has 0 aliphatic carbocycles. The number of ether oxygens (including phenoxy) is 4. The van der Waals surface area contributed by atoms with E-state index in [2.05, 4.69) is 6.58 Å². The second kappa shape index (κ2) is 12.5. The van der Waals surface area contributed by atoms with E-state index >= 15 is 0 Å². The number of rotatable bonds is 12. The van der Waals surface area contributed by atoms with Crippen LogP contribution >= 0.6 is 0 Å². The van der Waals surface area contributed by atoms with Crippen molar-refractivity contribution in [3.63, 3.8) is 0 Å². The summed E-state index contributed by atoms with van der Waals surface area (Å²) >= 11 is 0. The van der Waals surface area contributed by atoms with Crippen LogP contribution in [0.2, 0.25) is 0 Å². The molecular weight excluding hydrogens is 452 g/mol. The number of aliphatic hydroxyl groups is 3. The van der Waals surface area contributed by atoms with Crippen LogP contribution in [-0.2, 0) is 38.1 Å². The van der Waals surface area contributed by atoms with Gasteiger partial charge in [0.1, 0.15) is 48.7 Å². The van der Waals surface area contributed by atoms with Crippen molar-refractivity contribution >= 4 is 23.5 Å². The Morgan fingerprint density at radius 1 is 1.06 bits per heavy atom. The lowest BCUT2D eigenvalue weighted by Crippen LogP contribution is -2.59. The maximum atomic E-state index is 12.7. The third-order valence-corrected chi connectivity index (χ3v) is 6.06. The van der Waals surface area contributed by atoms with Crippen LogP contribution < -0.4 is 0 Å². The van der Waals surface area contributed by atoms with Crippen LogP contribution in [0.25, 0.3) is 0 Å². The maximum Gasteiger partial charge on any atom is 0.334 e. The van der Waals surface area contributed by atoms with Crippen LogP contribution in [0.15, 0.2) is 12.2 Å². The zero-order chi connectivity index (χ0) is 25.6. The lowest BCUT2D eigenvalue weighted by molar-refractivity contribution is -0.301. The molecule has 2 fully saturated rings. The molecule has 0 spiro atoms. The van der Waals surface area contributed by atoms with Crippen molar-refractivity contribution in [2.75, 3.05) is 13.2 Å². The first kappa shape index (κ1) is 28.1. The first-order chi connectivity index (χ1) is 15.9. The van der Waals surface area contributed by atoms with E-state index in [9.17, 15) is 34.5 Å². The Balaban J connectivity index is 1.80. The normalized spacial score (nSPS) is 32.2.